The molecule has 9 heteroatoms. The molecule has 0 spiro atoms. The highest BCUT2D eigenvalue weighted by atomic mass is 16.3. The Morgan fingerprint density at radius 1 is 1.29 bits per heavy atom. The number of benzene rings is 1. The Balaban J connectivity index is 1.63. The van der Waals surface area contributed by atoms with Crippen LogP contribution in [0.1, 0.15) is 45.0 Å². The van der Waals surface area contributed by atoms with Gasteiger partial charge in [0.25, 0.3) is 5.56 Å². The van der Waals surface area contributed by atoms with Crippen molar-refractivity contribution < 1.29 is 9.90 Å². The number of aromatic nitrogens is 4. The Hall–Kier alpha value is -3.20. The van der Waals surface area contributed by atoms with Crippen molar-refractivity contribution in [2.24, 2.45) is 0 Å². The van der Waals surface area contributed by atoms with Gasteiger partial charge in [-0.15, -0.1) is 0 Å². The van der Waals surface area contributed by atoms with E-state index in [1.165, 1.54) is 16.8 Å². The Morgan fingerprint density at radius 3 is 2.74 bits per heavy atom. The second kappa shape index (κ2) is 7.81. The van der Waals surface area contributed by atoms with Crippen molar-refractivity contribution in [3.8, 4) is 0 Å². The number of fused-ring (bicyclic) bond motifs is 1. The molecule has 0 saturated carbocycles. The summed E-state index contributed by atoms with van der Waals surface area (Å²) < 4.78 is 3.24. The third-order valence-electron chi connectivity index (χ3n) is 6.03. The van der Waals surface area contributed by atoms with Crippen molar-refractivity contribution in [1.82, 2.24) is 24.0 Å². The predicted molar refractivity (Wildman–Crippen MR) is 116 cm³/mol. The number of rotatable bonds is 4. The van der Waals surface area contributed by atoms with E-state index in [0.29, 0.717) is 13.0 Å². The molecule has 0 aliphatic carbocycles. The number of piperidine rings is 1. The molecule has 1 amide bonds. The minimum absolute atomic E-state index is 0.108. The number of amides is 1. The maximum Gasteiger partial charge on any atom is 0.328 e. The van der Waals surface area contributed by atoms with Gasteiger partial charge in [0, 0.05) is 31.3 Å². The number of imidazole rings is 1. The number of carbonyl (C=O) groups excluding carboxylic acids is 1. The number of nitrogens with one attached hydrogen (secondary N) is 1. The summed E-state index contributed by atoms with van der Waals surface area (Å²) in [6.45, 7) is 6.41. The molecule has 1 fully saturated rings. The predicted octanol–water partition coefficient (Wildman–Crippen LogP) is 1.23. The van der Waals surface area contributed by atoms with E-state index in [4.69, 9.17) is 0 Å². The molecule has 1 aromatic carbocycles. The molecular weight excluding hydrogens is 398 g/mol. The molecule has 2 atom stereocenters. The second-order valence-corrected chi connectivity index (χ2v) is 8.68. The highest BCUT2D eigenvalue weighted by Gasteiger charge is 2.40. The first-order valence-corrected chi connectivity index (χ1v) is 10.4. The molecule has 9 nitrogen and oxygen atoms in total. The SMILES string of the molecule is CC(C)c1nc2ccccc2n1CC(=O)N1CC[C@@](C)(O)[C@H](n2ccc(=O)[nH]c2=O)C1. The smallest absolute Gasteiger partial charge is 0.328 e. The minimum Gasteiger partial charge on any atom is -0.388 e. The number of hydrogen-bond acceptors (Lipinski definition) is 5. The largest absolute Gasteiger partial charge is 0.388 e. The van der Waals surface area contributed by atoms with Crippen molar-refractivity contribution in [1.29, 1.82) is 0 Å². The van der Waals surface area contributed by atoms with E-state index in [0.717, 1.165) is 16.9 Å². The lowest BCUT2D eigenvalue weighted by Crippen LogP contribution is -2.55. The Kier molecular flexibility index (Phi) is 5.30. The lowest BCUT2D eigenvalue weighted by molar-refractivity contribution is -0.138. The third kappa shape index (κ3) is 3.93. The summed E-state index contributed by atoms with van der Waals surface area (Å²) in [7, 11) is 0. The number of nitrogens with zero attached hydrogens (tertiary/aromatic N) is 4. The molecule has 1 aliphatic heterocycles. The van der Waals surface area contributed by atoms with Crippen LogP contribution in [0.5, 0.6) is 0 Å². The monoisotopic (exact) mass is 425 g/mol. The topological polar surface area (TPSA) is 113 Å². The van der Waals surface area contributed by atoms with E-state index in [2.05, 4.69) is 9.97 Å². The van der Waals surface area contributed by atoms with Crippen molar-refractivity contribution >= 4 is 16.9 Å². The average Bonchev–Trinajstić information content (AvgIpc) is 3.07. The summed E-state index contributed by atoms with van der Waals surface area (Å²) in [5.41, 5.74) is -0.549. The number of likely N-dealkylation sites (tertiary alicyclic amines) is 1. The molecule has 3 aromatic rings. The van der Waals surface area contributed by atoms with Crippen LogP contribution in [-0.2, 0) is 11.3 Å². The van der Waals surface area contributed by atoms with Crippen LogP contribution in [0.3, 0.4) is 0 Å². The summed E-state index contributed by atoms with van der Waals surface area (Å²) in [6, 6.07) is 8.30. The summed E-state index contributed by atoms with van der Waals surface area (Å²) in [4.78, 5) is 45.6. The molecule has 0 unspecified atom stereocenters. The minimum atomic E-state index is -1.19. The number of hydrogen-bond donors (Lipinski definition) is 2. The van der Waals surface area contributed by atoms with Gasteiger partial charge in [-0.3, -0.25) is 19.1 Å². The van der Waals surface area contributed by atoms with Gasteiger partial charge in [-0.1, -0.05) is 26.0 Å². The van der Waals surface area contributed by atoms with E-state index in [1.54, 1.807) is 11.8 Å². The number of carbonyl (C=O) groups is 1. The normalized spacial score (nSPS) is 21.7. The maximum absolute atomic E-state index is 13.3. The van der Waals surface area contributed by atoms with E-state index in [9.17, 15) is 19.5 Å². The molecular formula is C22H27N5O4. The fourth-order valence-electron chi connectivity index (χ4n) is 4.25. The van der Waals surface area contributed by atoms with Crippen LogP contribution in [0.15, 0.2) is 46.1 Å². The zero-order valence-electron chi connectivity index (χ0n) is 17.9. The second-order valence-electron chi connectivity index (χ2n) is 8.68. The number of aromatic amines is 1. The molecule has 164 valence electrons. The van der Waals surface area contributed by atoms with Gasteiger partial charge in [0.2, 0.25) is 5.91 Å². The lowest BCUT2D eigenvalue weighted by Gasteiger charge is -2.43. The van der Waals surface area contributed by atoms with Gasteiger partial charge in [-0.2, -0.15) is 0 Å². The third-order valence-corrected chi connectivity index (χ3v) is 6.03. The highest BCUT2D eigenvalue weighted by molar-refractivity contribution is 5.81. The van der Waals surface area contributed by atoms with Crippen molar-refractivity contribution in [3.05, 3.63) is 63.2 Å². The summed E-state index contributed by atoms with van der Waals surface area (Å²) in [6.07, 6.45) is 1.69. The Bertz CT molecular complexity index is 1240. The standard InChI is InChI=1S/C22H27N5O4/c1-14(2)20-23-15-6-4-5-7-16(15)27(20)13-19(29)25-11-9-22(3,31)17(12-25)26-10-8-18(28)24-21(26)30/h4-8,10,14,17,31H,9,11-13H2,1-3H3,(H,24,28,30)/t17-,22-/m1/s1. The zero-order chi connectivity index (χ0) is 22.3. The highest BCUT2D eigenvalue weighted by Crippen LogP contribution is 2.31. The fraction of sp³-hybridized carbons (Fsp3) is 0.455. The Morgan fingerprint density at radius 2 is 2.03 bits per heavy atom. The first-order chi connectivity index (χ1) is 14.7. The van der Waals surface area contributed by atoms with Crippen LogP contribution < -0.4 is 11.2 Å². The Labute approximate surface area is 179 Å². The molecule has 0 bridgehead atoms. The van der Waals surface area contributed by atoms with E-state index in [1.807, 2.05) is 42.7 Å². The van der Waals surface area contributed by atoms with E-state index >= 15 is 0 Å². The van der Waals surface area contributed by atoms with E-state index in [-0.39, 0.29) is 24.9 Å². The summed E-state index contributed by atoms with van der Waals surface area (Å²) in [5, 5.41) is 10.9. The quantitative estimate of drug-likeness (QED) is 0.653. The maximum atomic E-state index is 13.3. The van der Waals surface area contributed by atoms with Gasteiger partial charge in [0.05, 0.1) is 22.7 Å². The molecule has 1 saturated heterocycles. The van der Waals surface area contributed by atoms with Crippen molar-refractivity contribution in [2.75, 3.05) is 13.1 Å². The van der Waals surface area contributed by atoms with Gasteiger partial charge in [-0.05, 0) is 25.5 Å². The van der Waals surface area contributed by atoms with Crippen LogP contribution in [-0.4, -0.2) is 53.7 Å². The van der Waals surface area contributed by atoms with Crippen molar-refractivity contribution in [2.45, 2.75) is 51.3 Å². The fourth-order valence-corrected chi connectivity index (χ4v) is 4.25. The molecule has 31 heavy (non-hydrogen) atoms. The van der Waals surface area contributed by atoms with Gasteiger partial charge < -0.3 is 14.6 Å². The zero-order valence-corrected chi connectivity index (χ0v) is 17.9. The van der Waals surface area contributed by atoms with Crippen LogP contribution in [0.2, 0.25) is 0 Å². The van der Waals surface area contributed by atoms with Crippen LogP contribution in [0.25, 0.3) is 11.0 Å². The van der Waals surface area contributed by atoms with Gasteiger partial charge in [-0.25, -0.2) is 9.78 Å². The van der Waals surface area contributed by atoms with Crippen LogP contribution in [0, 0.1) is 0 Å². The molecule has 3 heterocycles. The summed E-state index contributed by atoms with van der Waals surface area (Å²) in [5.74, 6) is 0.879. The van der Waals surface area contributed by atoms with Crippen molar-refractivity contribution in [3.63, 3.8) is 0 Å². The first kappa shape index (κ1) is 21.0. The average molecular weight is 425 g/mol. The lowest BCUT2D eigenvalue weighted by atomic mass is 9.88. The van der Waals surface area contributed by atoms with E-state index < -0.39 is 22.9 Å². The summed E-state index contributed by atoms with van der Waals surface area (Å²) >= 11 is 0. The molecule has 2 aromatic heterocycles. The number of H-pyrrole nitrogens is 1. The molecule has 2 N–H and O–H groups in total. The van der Waals surface area contributed by atoms with Gasteiger partial charge in [0.15, 0.2) is 0 Å². The van der Waals surface area contributed by atoms with Crippen LogP contribution >= 0.6 is 0 Å². The van der Waals surface area contributed by atoms with Crippen LogP contribution in [0.4, 0.5) is 0 Å². The van der Waals surface area contributed by atoms with Gasteiger partial charge in [0.1, 0.15) is 12.4 Å². The number of aliphatic hydroxyl groups is 1. The molecule has 4 rings (SSSR count). The molecule has 0 radical (unpaired) electrons. The number of para-hydroxylation sites is 2. The van der Waals surface area contributed by atoms with Gasteiger partial charge >= 0.3 is 5.69 Å². The molecule has 1 aliphatic rings. The first-order valence-electron chi connectivity index (χ1n) is 10.4.